The molecule has 1 rings (SSSR count). The minimum absolute atomic E-state index is 0.530. The summed E-state index contributed by atoms with van der Waals surface area (Å²) in [7, 11) is 0. The molecule has 0 saturated heterocycles. The number of benzene rings is 1. The lowest BCUT2D eigenvalue weighted by Gasteiger charge is -2.12. The van der Waals surface area contributed by atoms with Gasteiger partial charge in [-0.2, -0.15) is 5.26 Å². The van der Waals surface area contributed by atoms with Gasteiger partial charge in [-0.05, 0) is 25.5 Å². The Kier molecular flexibility index (Phi) is 4.34. The third kappa shape index (κ3) is 2.74. The van der Waals surface area contributed by atoms with Gasteiger partial charge in [0.2, 0.25) is 0 Å². The average molecular weight is 218 g/mol. The van der Waals surface area contributed by atoms with E-state index >= 15 is 0 Å². The Morgan fingerprint density at radius 2 is 2.25 bits per heavy atom. The Balaban J connectivity index is 3.06. The van der Waals surface area contributed by atoms with Gasteiger partial charge >= 0.3 is 0 Å². The van der Waals surface area contributed by atoms with E-state index in [0.29, 0.717) is 17.9 Å². The summed E-state index contributed by atoms with van der Waals surface area (Å²) in [6.07, 6.45) is 0.0654. The monoisotopic (exact) mass is 218 g/mol. The number of nitriles is 1. The first-order valence-corrected chi connectivity index (χ1v) is 5.09. The van der Waals surface area contributed by atoms with Crippen molar-refractivity contribution in [2.45, 2.75) is 26.4 Å². The summed E-state index contributed by atoms with van der Waals surface area (Å²) >= 11 is 0. The zero-order chi connectivity index (χ0) is 12.0. The maximum Gasteiger partial charge on any atom is 0.181 e. The van der Waals surface area contributed by atoms with Crippen LogP contribution < -0.4 is 4.74 Å². The topological polar surface area (TPSA) is 65.6 Å². The Morgan fingerprint density at radius 1 is 1.56 bits per heavy atom. The molecule has 0 bridgehead atoms. The van der Waals surface area contributed by atoms with Crippen LogP contribution in [0.25, 0.3) is 0 Å². The number of rotatable bonds is 4. The molecule has 1 N–H and O–H groups in total. The molecule has 0 radical (unpaired) electrons. The standard InChI is InChI=1S/C12H14N2O2/c1-3-11(14-15)10-6-4-5-7-12(10)16-9(2)8-13/h4-7,9,15H,3H2,1-2H3. The summed E-state index contributed by atoms with van der Waals surface area (Å²) in [6.45, 7) is 3.55. The predicted octanol–water partition coefficient (Wildman–Crippen LogP) is 2.57. The fourth-order valence-corrected chi connectivity index (χ4v) is 1.34. The van der Waals surface area contributed by atoms with E-state index < -0.39 is 6.10 Å². The highest BCUT2D eigenvalue weighted by Crippen LogP contribution is 2.21. The highest BCUT2D eigenvalue weighted by molar-refractivity contribution is 6.02. The summed E-state index contributed by atoms with van der Waals surface area (Å²) < 4.78 is 5.43. The van der Waals surface area contributed by atoms with E-state index in [9.17, 15) is 0 Å². The van der Waals surface area contributed by atoms with Crippen LogP contribution in [0, 0.1) is 11.3 Å². The van der Waals surface area contributed by atoms with Crippen LogP contribution in [0.5, 0.6) is 5.75 Å². The first-order valence-electron chi connectivity index (χ1n) is 5.09. The summed E-state index contributed by atoms with van der Waals surface area (Å²) in [4.78, 5) is 0. The summed E-state index contributed by atoms with van der Waals surface area (Å²) in [6, 6.07) is 9.20. The van der Waals surface area contributed by atoms with Crippen LogP contribution in [0.3, 0.4) is 0 Å². The van der Waals surface area contributed by atoms with Crippen molar-refractivity contribution >= 4 is 5.71 Å². The van der Waals surface area contributed by atoms with E-state index in [0.717, 1.165) is 5.56 Å². The third-order valence-corrected chi connectivity index (χ3v) is 2.14. The molecule has 0 heterocycles. The lowest BCUT2D eigenvalue weighted by Crippen LogP contribution is -2.11. The lowest BCUT2D eigenvalue weighted by molar-refractivity contribution is 0.275. The molecule has 4 nitrogen and oxygen atoms in total. The SMILES string of the molecule is CCC(=NO)c1ccccc1OC(C)C#N. The predicted molar refractivity (Wildman–Crippen MR) is 60.8 cm³/mol. The van der Waals surface area contributed by atoms with Crippen molar-refractivity contribution in [2.75, 3.05) is 0 Å². The number of hydrogen-bond donors (Lipinski definition) is 1. The highest BCUT2D eigenvalue weighted by atomic mass is 16.5. The van der Waals surface area contributed by atoms with E-state index in [4.69, 9.17) is 15.2 Å². The molecule has 1 atom stereocenters. The van der Waals surface area contributed by atoms with Crippen molar-refractivity contribution < 1.29 is 9.94 Å². The molecule has 4 heteroatoms. The normalized spacial score (nSPS) is 12.9. The van der Waals surface area contributed by atoms with Crippen LogP contribution in [0.4, 0.5) is 0 Å². The number of oxime groups is 1. The second kappa shape index (κ2) is 5.76. The van der Waals surface area contributed by atoms with Crippen LogP contribution in [0.2, 0.25) is 0 Å². The largest absolute Gasteiger partial charge is 0.475 e. The molecular formula is C12H14N2O2. The maximum absolute atomic E-state index is 8.86. The van der Waals surface area contributed by atoms with Gasteiger partial charge in [0.15, 0.2) is 6.10 Å². The smallest absolute Gasteiger partial charge is 0.181 e. The van der Waals surface area contributed by atoms with E-state index in [1.807, 2.05) is 25.1 Å². The third-order valence-electron chi connectivity index (χ3n) is 2.14. The molecule has 0 saturated carbocycles. The highest BCUT2D eigenvalue weighted by Gasteiger charge is 2.11. The molecule has 0 fully saturated rings. The van der Waals surface area contributed by atoms with Gasteiger partial charge in [-0.25, -0.2) is 0 Å². The summed E-state index contributed by atoms with van der Waals surface area (Å²) in [5.74, 6) is 0.561. The fourth-order valence-electron chi connectivity index (χ4n) is 1.34. The second-order valence-electron chi connectivity index (χ2n) is 3.29. The van der Waals surface area contributed by atoms with Gasteiger partial charge < -0.3 is 9.94 Å². The molecular weight excluding hydrogens is 204 g/mol. The van der Waals surface area contributed by atoms with Crippen molar-refractivity contribution in [3.63, 3.8) is 0 Å². The van der Waals surface area contributed by atoms with Crippen molar-refractivity contribution in [3.8, 4) is 11.8 Å². The molecule has 1 aromatic carbocycles. The van der Waals surface area contributed by atoms with Gasteiger partial charge in [0.05, 0.1) is 5.71 Å². The van der Waals surface area contributed by atoms with Crippen molar-refractivity contribution in [1.82, 2.24) is 0 Å². The van der Waals surface area contributed by atoms with Crippen LogP contribution in [0.1, 0.15) is 25.8 Å². The Hall–Kier alpha value is -2.02. The zero-order valence-corrected chi connectivity index (χ0v) is 9.34. The number of hydrogen-bond acceptors (Lipinski definition) is 4. The van der Waals surface area contributed by atoms with Gasteiger partial charge in [-0.3, -0.25) is 0 Å². The van der Waals surface area contributed by atoms with Crippen molar-refractivity contribution in [1.29, 1.82) is 5.26 Å². The molecule has 0 aliphatic heterocycles. The Morgan fingerprint density at radius 3 is 2.81 bits per heavy atom. The van der Waals surface area contributed by atoms with Gasteiger partial charge in [0, 0.05) is 5.56 Å². The van der Waals surface area contributed by atoms with E-state index in [2.05, 4.69) is 5.16 Å². The van der Waals surface area contributed by atoms with Crippen LogP contribution in [-0.4, -0.2) is 17.0 Å². The van der Waals surface area contributed by atoms with Gasteiger partial charge in [0.1, 0.15) is 11.8 Å². The first kappa shape index (κ1) is 12.1. The average Bonchev–Trinajstić information content (AvgIpc) is 2.32. The minimum Gasteiger partial charge on any atom is -0.475 e. The van der Waals surface area contributed by atoms with E-state index in [1.165, 1.54) is 0 Å². The van der Waals surface area contributed by atoms with Gasteiger partial charge in [0.25, 0.3) is 0 Å². The second-order valence-corrected chi connectivity index (χ2v) is 3.29. The molecule has 1 unspecified atom stereocenters. The first-order chi connectivity index (χ1) is 7.72. The molecule has 0 aliphatic rings. The number of para-hydroxylation sites is 1. The Bertz CT molecular complexity index is 421. The van der Waals surface area contributed by atoms with Gasteiger partial charge in [-0.15, -0.1) is 0 Å². The van der Waals surface area contributed by atoms with E-state index in [-0.39, 0.29) is 0 Å². The molecule has 84 valence electrons. The fraction of sp³-hybridized carbons (Fsp3) is 0.333. The molecule has 0 aliphatic carbocycles. The maximum atomic E-state index is 8.86. The molecule has 0 spiro atoms. The summed E-state index contributed by atoms with van der Waals surface area (Å²) in [5, 5.41) is 20.8. The molecule has 0 amide bonds. The van der Waals surface area contributed by atoms with Crippen LogP contribution >= 0.6 is 0 Å². The van der Waals surface area contributed by atoms with Crippen LogP contribution in [-0.2, 0) is 0 Å². The molecule has 16 heavy (non-hydrogen) atoms. The van der Waals surface area contributed by atoms with E-state index in [1.54, 1.807) is 19.1 Å². The van der Waals surface area contributed by atoms with Gasteiger partial charge in [-0.1, -0.05) is 24.2 Å². The lowest BCUT2D eigenvalue weighted by atomic mass is 10.1. The van der Waals surface area contributed by atoms with Crippen molar-refractivity contribution in [2.24, 2.45) is 5.16 Å². The summed E-state index contributed by atoms with van der Waals surface area (Å²) in [5.41, 5.74) is 1.26. The minimum atomic E-state index is -0.530. The zero-order valence-electron chi connectivity index (χ0n) is 9.34. The van der Waals surface area contributed by atoms with Crippen molar-refractivity contribution in [3.05, 3.63) is 29.8 Å². The number of ether oxygens (including phenoxy) is 1. The Labute approximate surface area is 94.8 Å². The molecule has 0 aromatic heterocycles. The molecule has 1 aromatic rings. The van der Waals surface area contributed by atoms with Crippen LogP contribution in [0.15, 0.2) is 29.4 Å². The quantitative estimate of drug-likeness (QED) is 0.480. The number of nitrogens with zero attached hydrogens (tertiary/aromatic N) is 2.